The van der Waals surface area contributed by atoms with Gasteiger partial charge < -0.3 is 10.1 Å². The molecule has 3 amide bonds. The number of nitrogens with one attached hydrogen (secondary N) is 1. The third-order valence-electron chi connectivity index (χ3n) is 4.78. The summed E-state index contributed by atoms with van der Waals surface area (Å²) in [5, 5.41) is 2.98. The second-order valence-electron chi connectivity index (χ2n) is 6.38. The van der Waals surface area contributed by atoms with E-state index in [1.807, 2.05) is 6.07 Å². The molecule has 1 N–H and O–H groups in total. The number of ether oxygens (including phenoxy) is 1. The van der Waals surface area contributed by atoms with Crippen molar-refractivity contribution in [2.45, 2.75) is 25.8 Å². The number of anilines is 1. The smallest absolute Gasteiger partial charge is 0.302 e. The fourth-order valence-corrected chi connectivity index (χ4v) is 3.51. The van der Waals surface area contributed by atoms with Crippen LogP contribution in [0.15, 0.2) is 24.8 Å². The Kier molecular flexibility index (Phi) is 4.98. The van der Waals surface area contributed by atoms with Crippen molar-refractivity contribution in [2.24, 2.45) is 0 Å². The number of carbonyl (C=O) groups excluding carboxylic acids is 4. The van der Waals surface area contributed by atoms with Crippen molar-refractivity contribution in [3.63, 3.8) is 0 Å². The van der Waals surface area contributed by atoms with E-state index in [4.69, 9.17) is 4.74 Å². The molecule has 27 heavy (non-hydrogen) atoms. The van der Waals surface area contributed by atoms with Crippen LogP contribution in [0.25, 0.3) is 5.70 Å². The van der Waals surface area contributed by atoms with Crippen molar-refractivity contribution in [3.05, 3.63) is 35.9 Å². The van der Waals surface area contributed by atoms with Crippen LogP contribution in [0.5, 0.6) is 0 Å². The minimum Gasteiger partial charge on any atom is -0.464 e. The van der Waals surface area contributed by atoms with Gasteiger partial charge in [0.15, 0.2) is 0 Å². The zero-order valence-electron chi connectivity index (χ0n) is 15.3. The molecule has 0 radical (unpaired) electrons. The van der Waals surface area contributed by atoms with E-state index >= 15 is 0 Å². The quantitative estimate of drug-likeness (QED) is 0.618. The molecule has 2 heterocycles. The molecule has 0 saturated carbocycles. The Morgan fingerprint density at radius 3 is 2.74 bits per heavy atom. The van der Waals surface area contributed by atoms with E-state index in [2.05, 4.69) is 11.9 Å². The first kappa shape index (κ1) is 18.6. The summed E-state index contributed by atoms with van der Waals surface area (Å²) in [5.41, 5.74) is 2.25. The van der Waals surface area contributed by atoms with Crippen LogP contribution in [0.2, 0.25) is 0 Å². The van der Waals surface area contributed by atoms with Gasteiger partial charge in [-0.25, -0.2) is 0 Å². The van der Waals surface area contributed by atoms with Gasteiger partial charge in [0.2, 0.25) is 5.91 Å². The minimum absolute atomic E-state index is 0.0308. The molecule has 142 valence electrons. The van der Waals surface area contributed by atoms with Crippen molar-refractivity contribution in [3.8, 4) is 0 Å². The molecular weight excluding hydrogens is 350 g/mol. The highest BCUT2D eigenvalue weighted by Gasteiger charge is 2.45. The number of piperidine rings is 1. The summed E-state index contributed by atoms with van der Waals surface area (Å²) in [5.74, 6) is -1.62. The highest BCUT2D eigenvalue weighted by molar-refractivity contribution is 6.15. The van der Waals surface area contributed by atoms with Gasteiger partial charge in [0.1, 0.15) is 12.6 Å². The van der Waals surface area contributed by atoms with E-state index in [0.717, 1.165) is 4.90 Å². The highest BCUT2D eigenvalue weighted by atomic mass is 16.5. The van der Waals surface area contributed by atoms with Crippen LogP contribution < -0.4 is 5.32 Å². The molecule has 8 nitrogen and oxygen atoms in total. The summed E-state index contributed by atoms with van der Waals surface area (Å²) >= 11 is 0. The second kappa shape index (κ2) is 7.22. The van der Waals surface area contributed by atoms with E-state index in [1.54, 1.807) is 19.2 Å². The third-order valence-corrected chi connectivity index (χ3v) is 4.78. The van der Waals surface area contributed by atoms with Gasteiger partial charge in [-0.15, -0.1) is 0 Å². The maximum absolute atomic E-state index is 13.0. The molecule has 1 aromatic rings. The lowest BCUT2D eigenvalue weighted by Gasteiger charge is -2.35. The molecule has 1 aromatic carbocycles. The summed E-state index contributed by atoms with van der Waals surface area (Å²) in [4.78, 5) is 51.4. The van der Waals surface area contributed by atoms with E-state index in [9.17, 15) is 19.2 Å². The van der Waals surface area contributed by atoms with Crippen molar-refractivity contribution in [1.29, 1.82) is 0 Å². The molecule has 8 heteroatoms. The minimum atomic E-state index is -0.808. The van der Waals surface area contributed by atoms with Crippen molar-refractivity contribution < 1.29 is 23.9 Å². The van der Waals surface area contributed by atoms with Gasteiger partial charge in [0, 0.05) is 37.3 Å². The zero-order valence-corrected chi connectivity index (χ0v) is 15.3. The van der Waals surface area contributed by atoms with Gasteiger partial charge in [-0.05, 0) is 12.5 Å². The van der Waals surface area contributed by atoms with Gasteiger partial charge in [0.25, 0.3) is 11.8 Å². The molecule has 3 rings (SSSR count). The lowest BCUT2D eigenvalue weighted by molar-refractivity contribution is -0.154. The van der Waals surface area contributed by atoms with Crippen molar-refractivity contribution in [1.82, 2.24) is 9.80 Å². The Morgan fingerprint density at radius 1 is 1.33 bits per heavy atom. The summed E-state index contributed by atoms with van der Waals surface area (Å²) in [6.45, 7) is 5.15. The number of hydrogen-bond donors (Lipinski definition) is 1. The average molecular weight is 371 g/mol. The Bertz CT molecular complexity index is 848. The summed E-state index contributed by atoms with van der Waals surface area (Å²) in [6.07, 6.45) is 0.359. The molecular formula is C19H21N3O5. The number of hydrogen-bond acceptors (Lipinski definition) is 6. The fourth-order valence-electron chi connectivity index (χ4n) is 3.51. The summed E-state index contributed by atoms with van der Waals surface area (Å²) in [6, 6.07) is 4.57. The van der Waals surface area contributed by atoms with Crippen LogP contribution in [0.3, 0.4) is 0 Å². The molecule has 0 aromatic heterocycles. The van der Waals surface area contributed by atoms with Gasteiger partial charge in [-0.3, -0.25) is 29.0 Å². The Hall–Kier alpha value is -3.16. The predicted molar refractivity (Wildman–Crippen MR) is 97.6 cm³/mol. The van der Waals surface area contributed by atoms with Crippen LogP contribution in [-0.4, -0.2) is 59.7 Å². The Balaban J connectivity index is 1.85. The van der Waals surface area contributed by atoms with Gasteiger partial charge in [-0.2, -0.15) is 0 Å². The molecule has 0 bridgehead atoms. The maximum Gasteiger partial charge on any atom is 0.302 e. The molecule has 0 aliphatic carbocycles. The standard InChI is InChI=1S/C19H21N3O5/c1-11-13-5-4-6-14(20-3)17(13)19(26)22(11)15-7-8-16(24)21(18(15)25)9-10-27-12(2)23/h4-6,15,20H,1,7-10H2,2-3H3. The van der Waals surface area contributed by atoms with Gasteiger partial charge in [0.05, 0.1) is 12.1 Å². The number of likely N-dealkylation sites (tertiary alicyclic amines) is 1. The predicted octanol–water partition coefficient (Wildman–Crippen LogP) is 1.24. The third kappa shape index (κ3) is 3.18. The number of rotatable bonds is 5. The van der Waals surface area contributed by atoms with Gasteiger partial charge in [-0.1, -0.05) is 18.7 Å². The SMILES string of the molecule is C=C1c2cccc(NC)c2C(=O)N1C1CCC(=O)N(CCOC(C)=O)C1=O. The molecule has 0 spiro atoms. The van der Waals surface area contributed by atoms with Crippen LogP contribution >= 0.6 is 0 Å². The molecule has 2 aliphatic rings. The second-order valence-corrected chi connectivity index (χ2v) is 6.38. The van der Waals surface area contributed by atoms with Crippen LogP contribution in [0.4, 0.5) is 5.69 Å². The topological polar surface area (TPSA) is 96.0 Å². The maximum atomic E-state index is 13.0. The number of nitrogens with zero attached hydrogens (tertiary/aromatic N) is 2. The molecule has 1 unspecified atom stereocenters. The first-order valence-corrected chi connectivity index (χ1v) is 8.68. The molecule has 1 fully saturated rings. The number of imide groups is 1. The highest BCUT2D eigenvalue weighted by Crippen LogP contribution is 2.39. The largest absolute Gasteiger partial charge is 0.464 e. The number of amides is 3. The Morgan fingerprint density at radius 2 is 2.07 bits per heavy atom. The number of fused-ring (bicyclic) bond motifs is 1. The Labute approximate surface area is 156 Å². The number of esters is 1. The van der Waals surface area contributed by atoms with Crippen molar-refractivity contribution >= 4 is 35.1 Å². The number of carbonyl (C=O) groups is 4. The van der Waals surface area contributed by atoms with Crippen LogP contribution in [-0.2, 0) is 19.1 Å². The van der Waals surface area contributed by atoms with Crippen molar-refractivity contribution in [2.75, 3.05) is 25.5 Å². The lowest BCUT2D eigenvalue weighted by Crippen LogP contribution is -2.55. The van der Waals surface area contributed by atoms with Crippen LogP contribution in [0.1, 0.15) is 35.7 Å². The van der Waals surface area contributed by atoms with Gasteiger partial charge >= 0.3 is 5.97 Å². The average Bonchev–Trinajstić information content (AvgIpc) is 2.89. The van der Waals surface area contributed by atoms with E-state index in [0.29, 0.717) is 22.5 Å². The molecule has 1 saturated heterocycles. The number of benzene rings is 1. The first-order valence-electron chi connectivity index (χ1n) is 8.68. The summed E-state index contributed by atoms with van der Waals surface area (Å²) in [7, 11) is 1.72. The lowest BCUT2D eigenvalue weighted by atomic mass is 10.0. The zero-order chi connectivity index (χ0) is 19.7. The first-order chi connectivity index (χ1) is 12.9. The van der Waals surface area contributed by atoms with E-state index in [1.165, 1.54) is 11.8 Å². The molecule has 2 aliphatic heterocycles. The monoisotopic (exact) mass is 371 g/mol. The van der Waals surface area contributed by atoms with Crippen LogP contribution in [0, 0.1) is 0 Å². The van der Waals surface area contributed by atoms with E-state index < -0.39 is 17.9 Å². The molecule has 1 atom stereocenters. The fraction of sp³-hybridized carbons (Fsp3) is 0.368. The summed E-state index contributed by atoms with van der Waals surface area (Å²) < 4.78 is 4.83. The van der Waals surface area contributed by atoms with E-state index in [-0.39, 0.29) is 37.8 Å². The normalized spacial score (nSPS) is 19.4.